The van der Waals surface area contributed by atoms with Gasteiger partial charge in [0.2, 0.25) is 0 Å². The average Bonchev–Trinajstić information content (AvgIpc) is 2.49. The predicted octanol–water partition coefficient (Wildman–Crippen LogP) is 0.622. The van der Waals surface area contributed by atoms with E-state index in [0.29, 0.717) is 11.5 Å². The fraction of sp³-hybridized carbons (Fsp3) is 0.154. The van der Waals surface area contributed by atoms with Crippen molar-refractivity contribution in [1.82, 2.24) is 10.2 Å². The minimum absolute atomic E-state index is 0.180. The Balaban J connectivity index is 2.34. The first-order chi connectivity index (χ1) is 10.0. The van der Waals surface area contributed by atoms with Crippen molar-refractivity contribution in [3.8, 4) is 11.5 Å². The van der Waals surface area contributed by atoms with Crippen LogP contribution in [0.2, 0.25) is 0 Å². The number of ether oxygens (including phenoxy) is 2. The number of nitrogen functional groups attached to an aromatic ring is 1. The summed E-state index contributed by atoms with van der Waals surface area (Å²) in [5.41, 5.74) is 5.87. The van der Waals surface area contributed by atoms with E-state index in [0.717, 1.165) is 0 Å². The molecule has 1 aromatic carbocycles. The Morgan fingerprint density at radius 2 is 2.05 bits per heavy atom. The SMILES string of the molecule is COc1cc(OC)c(N)c(C(=O)Nc2ccc(=O)[nH]n2)c1. The van der Waals surface area contributed by atoms with E-state index >= 15 is 0 Å². The quantitative estimate of drug-likeness (QED) is 0.710. The minimum Gasteiger partial charge on any atom is -0.497 e. The van der Waals surface area contributed by atoms with Gasteiger partial charge < -0.3 is 20.5 Å². The predicted molar refractivity (Wildman–Crippen MR) is 76.8 cm³/mol. The number of hydrogen-bond donors (Lipinski definition) is 3. The second kappa shape index (κ2) is 5.95. The number of nitrogens with zero attached hydrogens (tertiary/aromatic N) is 1. The Bertz CT molecular complexity index is 706. The molecule has 0 spiro atoms. The summed E-state index contributed by atoms with van der Waals surface area (Å²) in [5.74, 6) is 0.458. The highest BCUT2D eigenvalue weighted by molar-refractivity contribution is 6.08. The minimum atomic E-state index is -0.496. The summed E-state index contributed by atoms with van der Waals surface area (Å²) in [6, 6.07) is 5.69. The van der Waals surface area contributed by atoms with Crippen LogP contribution >= 0.6 is 0 Å². The van der Waals surface area contributed by atoms with Crippen LogP contribution in [0.25, 0.3) is 0 Å². The van der Waals surface area contributed by atoms with Gasteiger partial charge in [0.25, 0.3) is 11.5 Å². The first kappa shape index (κ1) is 14.4. The number of H-pyrrole nitrogens is 1. The number of hydrogen-bond acceptors (Lipinski definition) is 6. The highest BCUT2D eigenvalue weighted by Crippen LogP contribution is 2.31. The number of methoxy groups -OCH3 is 2. The number of aromatic nitrogens is 2. The van der Waals surface area contributed by atoms with Crippen LogP contribution in [0.1, 0.15) is 10.4 Å². The summed E-state index contributed by atoms with van der Waals surface area (Å²) in [6.07, 6.45) is 0. The van der Waals surface area contributed by atoms with E-state index in [1.54, 1.807) is 6.07 Å². The first-order valence-corrected chi connectivity index (χ1v) is 5.93. The van der Waals surface area contributed by atoms with Gasteiger partial charge in [-0.15, -0.1) is 0 Å². The molecule has 0 aliphatic rings. The third-order valence-electron chi connectivity index (χ3n) is 2.74. The Kier molecular flexibility index (Phi) is 4.07. The highest BCUT2D eigenvalue weighted by atomic mass is 16.5. The number of amides is 1. The van der Waals surface area contributed by atoms with Gasteiger partial charge in [-0.2, -0.15) is 5.10 Å². The Labute approximate surface area is 119 Å². The molecule has 0 bridgehead atoms. The fourth-order valence-electron chi connectivity index (χ4n) is 1.67. The van der Waals surface area contributed by atoms with Crippen LogP contribution in [0.3, 0.4) is 0 Å². The third-order valence-corrected chi connectivity index (χ3v) is 2.74. The lowest BCUT2D eigenvalue weighted by Gasteiger charge is -2.12. The van der Waals surface area contributed by atoms with Crippen LogP contribution in [0.15, 0.2) is 29.1 Å². The molecule has 0 atom stereocenters. The third kappa shape index (κ3) is 3.11. The molecule has 0 unspecified atom stereocenters. The number of nitrogens with two attached hydrogens (primary N) is 1. The molecule has 0 saturated carbocycles. The van der Waals surface area contributed by atoms with E-state index in [1.165, 1.54) is 32.4 Å². The molecular weight excluding hydrogens is 276 g/mol. The Hall–Kier alpha value is -3.03. The number of aromatic amines is 1. The second-order valence-electron chi connectivity index (χ2n) is 4.05. The van der Waals surface area contributed by atoms with Crippen molar-refractivity contribution in [3.63, 3.8) is 0 Å². The van der Waals surface area contributed by atoms with Gasteiger partial charge in [-0.25, -0.2) is 5.10 Å². The molecule has 0 radical (unpaired) electrons. The molecule has 1 aromatic heterocycles. The number of anilines is 2. The van der Waals surface area contributed by atoms with Crippen LogP contribution in [0.4, 0.5) is 11.5 Å². The van der Waals surface area contributed by atoms with Gasteiger partial charge in [-0.1, -0.05) is 0 Å². The van der Waals surface area contributed by atoms with Crippen molar-refractivity contribution >= 4 is 17.4 Å². The van der Waals surface area contributed by atoms with Crippen molar-refractivity contribution in [1.29, 1.82) is 0 Å². The summed E-state index contributed by atoms with van der Waals surface area (Å²) < 4.78 is 10.2. The maximum absolute atomic E-state index is 12.2. The summed E-state index contributed by atoms with van der Waals surface area (Å²) in [7, 11) is 2.91. The molecule has 0 fully saturated rings. The molecule has 4 N–H and O–H groups in total. The normalized spacial score (nSPS) is 10.0. The zero-order chi connectivity index (χ0) is 15.4. The smallest absolute Gasteiger partial charge is 0.264 e. The summed E-state index contributed by atoms with van der Waals surface area (Å²) in [5, 5.41) is 8.42. The van der Waals surface area contributed by atoms with Gasteiger partial charge in [0.1, 0.15) is 11.5 Å². The lowest BCUT2D eigenvalue weighted by molar-refractivity contribution is 0.102. The van der Waals surface area contributed by atoms with E-state index in [2.05, 4.69) is 15.5 Å². The van der Waals surface area contributed by atoms with E-state index in [4.69, 9.17) is 15.2 Å². The van der Waals surface area contributed by atoms with Crippen LogP contribution < -0.4 is 26.1 Å². The average molecular weight is 290 g/mol. The molecule has 0 saturated heterocycles. The van der Waals surface area contributed by atoms with Gasteiger partial charge >= 0.3 is 0 Å². The largest absolute Gasteiger partial charge is 0.497 e. The van der Waals surface area contributed by atoms with Gasteiger partial charge in [-0.05, 0) is 12.1 Å². The van der Waals surface area contributed by atoms with Crippen molar-refractivity contribution in [2.75, 3.05) is 25.3 Å². The maximum atomic E-state index is 12.2. The molecule has 0 aliphatic carbocycles. The number of rotatable bonds is 4. The van der Waals surface area contributed by atoms with Crippen LogP contribution in [0, 0.1) is 0 Å². The molecule has 2 aromatic rings. The molecule has 21 heavy (non-hydrogen) atoms. The van der Waals surface area contributed by atoms with Crippen molar-refractivity contribution < 1.29 is 14.3 Å². The Morgan fingerprint density at radius 1 is 1.29 bits per heavy atom. The monoisotopic (exact) mass is 290 g/mol. The number of benzene rings is 1. The molecule has 2 rings (SSSR count). The summed E-state index contributed by atoms with van der Waals surface area (Å²) in [4.78, 5) is 23.1. The zero-order valence-corrected chi connectivity index (χ0v) is 11.5. The van der Waals surface area contributed by atoms with E-state index < -0.39 is 5.91 Å². The van der Waals surface area contributed by atoms with Crippen LogP contribution in [-0.2, 0) is 0 Å². The first-order valence-electron chi connectivity index (χ1n) is 5.93. The number of carbonyl (C=O) groups excluding carboxylic acids is 1. The second-order valence-corrected chi connectivity index (χ2v) is 4.05. The van der Waals surface area contributed by atoms with Crippen LogP contribution in [-0.4, -0.2) is 30.3 Å². The molecule has 8 nitrogen and oxygen atoms in total. The Morgan fingerprint density at radius 3 is 2.62 bits per heavy atom. The van der Waals surface area contributed by atoms with Gasteiger partial charge in [0.05, 0.1) is 25.5 Å². The molecule has 1 heterocycles. The van der Waals surface area contributed by atoms with Crippen molar-refractivity contribution in [2.24, 2.45) is 0 Å². The molecule has 8 heteroatoms. The van der Waals surface area contributed by atoms with Crippen molar-refractivity contribution in [2.45, 2.75) is 0 Å². The number of nitrogens with one attached hydrogen (secondary N) is 2. The highest BCUT2D eigenvalue weighted by Gasteiger charge is 2.16. The van der Waals surface area contributed by atoms with E-state index in [1.807, 2.05) is 0 Å². The molecule has 110 valence electrons. The van der Waals surface area contributed by atoms with Gasteiger partial charge in [-0.3, -0.25) is 9.59 Å². The molecule has 0 aliphatic heterocycles. The fourth-order valence-corrected chi connectivity index (χ4v) is 1.67. The molecular formula is C13H14N4O4. The summed E-state index contributed by atoms with van der Waals surface area (Å²) >= 11 is 0. The number of carbonyl (C=O) groups is 1. The molecule has 1 amide bonds. The lowest BCUT2D eigenvalue weighted by atomic mass is 10.1. The van der Waals surface area contributed by atoms with E-state index in [9.17, 15) is 9.59 Å². The van der Waals surface area contributed by atoms with Crippen LogP contribution in [0.5, 0.6) is 11.5 Å². The van der Waals surface area contributed by atoms with Crippen molar-refractivity contribution in [3.05, 3.63) is 40.2 Å². The van der Waals surface area contributed by atoms with E-state index in [-0.39, 0.29) is 22.6 Å². The maximum Gasteiger partial charge on any atom is 0.264 e. The van der Waals surface area contributed by atoms with Gasteiger partial charge in [0.15, 0.2) is 5.82 Å². The lowest BCUT2D eigenvalue weighted by Crippen LogP contribution is -2.17. The topological polar surface area (TPSA) is 119 Å². The zero-order valence-electron chi connectivity index (χ0n) is 11.5. The summed E-state index contributed by atoms with van der Waals surface area (Å²) in [6.45, 7) is 0. The standard InChI is InChI=1S/C13H14N4O4/c1-20-7-5-8(12(14)9(6-7)21-2)13(19)15-10-3-4-11(18)17-16-10/h3-6H,14H2,1-2H3,(H,17,18)(H,15,16,19). The van der Waals surface area contributed by atoms with Gasteiger partial charge in [0, 0.05) is 12.1 Å².